The van der Waals surface area contributed by atoms with Crippen LogP contribution in [0.4, 0.5) is 22.4 Å². The highest BCUT2D eigenvalue weighted by atomic mass is 19.4. The molecule has 2 aromatic rings. The van der Waals surface area contributed by atoms with Gasteiger partial charge in [0.2, 0.25) is 0 Å². The summed E-state index contributed by atoms with van der Waals surface area (Å²) in [6.45, 7) is 0.749. The lowest BCUT2D eigenvalue weighted by molar-refractivity contribution is -0.140. The van der Waals surface area contributed by atoms with Crippen LogP contribution in [0.15, 0.2) is 18.2 Å². The second-order valence-corrected chi connectivity index (χ2v) is 7.75. The lowest BCUT2D eigenvalue weighted by atomic mass is 9.86. The van der Waals surface area contributed by atoms with Gasteiger partial charge in [0.25, 0.3) is 5.91 Å². The molecule has 0 aliphatic carbocycles. The minimum absolute atomic E-state index is 0.0525. The molecule has 0 spiro atoms. The van der Waals surface area contributed by atoms with Gasteiger partial charge in [0, 0.05) is 37.3 Å². The number of rotatable bonds is 2. The van der Waals surface area contributed by atoms with E-state index in [9.17, 15) is 32.3 Å². The summed E-state index contributed by atoms with van der Waals surface area (Å²) >= 11 is 0. The number of hydrogen-bond donors (Lipinski definition) is 2. The van der Waals surface area contributed by atoms with E-state index in [4.69, 9.17) is 0 Å². The second-order valence-electron chi connectivity index (χ2n) is 7.75. The van der Waals surface area contributed by atoms with E-state index in [1.54, 1.807) is 0 Å². The number of alkyl halides is 3. The van der Waals surface area contributed by atoms with E-state index >= 15 is 0 Å². The maximum Gasteiger partial charge on any atom is 0.419 e. The highest BCUT2D eigenvalue weighted by Gasteiger charge is 2.39. The molecule has 0 unspecified atom stereocenters. The van der Waals surface area contributed by atoms with E-state index in [1.165, 1.54) is 21.9 Å². The number of halogens is 4. The number of fused-ring (bicyclic) bond motifs is 1. The molecule has 3 heterocycles. The Morgan fingerprint density at radius 2 is 1.84 bits per heavy atom. The van der Waals surface area contributed by atoms with Crippen molar-refractivity contribution >= 4 is 12.0 Å². The Kier molecular flexibility index (Phi) is 5.36. The molecular weight excluding hydrogens is 420 g/mol. The molecule has 2 aliphatic rings. The lowest BCUT2D eigenvalue weighted by Crippen LogP contribution is -2.40. The Morgan fingerprint density at radius 1 is 1.13 bits per heavy atom. The van der Waals surface area contributed by atoms with Crippen molar-refractivity contribution in [2.45, 2.75) is 37.9 Å². The first-order valence-electron chi connectivity index (χ1n) is 9.85. The van der Waals surface area contributed by atoms with Crippen LogP contribution in [0.25, 0.3) is 0 Å². The number of benzene rings is 1. The number of likely N-dealkylation sites (tertiary alicyclic amines) is 1. The number of nitrogens with zero attached hydrogens (tertiary/aromatic N) is 3. The van der Waals surface area contributed by atoms with Crippen LogP contribution in [0.3, 0.4) is 0 Å². The van der Waals surface area contributed by atoms with Crippen molar-refractivity contribution in [2.24, 2.45) is 0 Å². The monoisotopic (exact) mass is 440 g/mol. The fourth-order valence-corrected chi connectivity index (χ4v) is 4.36. The number of H-pyrrole nitrogens is 1. The Morgan fingerprint density at radius 3 is 2.48 bits per heavy atom. The van der Waals surface area contributed by atoms with Crippen molar-refractivity contribution in [1.29, 1.82) is 0 Å². The third-order valence-electron chi connectivity index (χ3n) is 5.96. The minimum atomic E-state index is -4.79. The molecule has 1 aromatic carbocycles. The van der Waals surface area contributed by atoms with E-state index in [2.05, 4.69) is 10.2 Å². The molecule has 2 aliphatic heterocycles. The van der Waals surface area contributed by atoms with Crippen molar-refractivity contribution in [3.05, 3.63) is 52.1 Å². The van der Waals surface area contributed by atoms with E-state index < -0.39 is 35.5 Å². The van der Waals surface area contributed by atoms with Gasteiger partial charge in [0.15, 0.2) is 5.69 Å². The van der Waals surface area contributed by atoms with Gasteiger partial charge in [-0.1, -0.05) is 12.1 Å². The minimum Gasteiger partial charge on any atom is -0.465 e. The molecule has 2 amide bonds. The quantitative estimate of drug-likeness (QED) is 0.698. The van der Waals surface area contributed by atoms with Gasteiger partial charge in [-0.05, 0) is 30.4 Å². The van der Waals surface area contributed by atoms with Crippen LogP contribution >= 0.6 is 0 Å². The van der Waals surface area contributed by atoms with Crippen LogP contribution in [-0.4, -0.2) is 56.7 Å². The first-order valence-corrected chi connectivity index (χ1v) is 9.85. The number of aromatic nitrogens is 2. The van der Waals surface area contributed by atoms with Crippen molar-refractivity contribution in [3.63, 3.8) is 0 Å². The summed E-state index contributed by atoms with van der Waals surface area (Å²) in [6.07, 6.45) is -4.94. The highest BCUT2D eigenvalue weighted by Crippen LogP contribution is 2.40. The molecule has 166 valence electrons. The average Bonchev–Trinajstić information content (AvgIpc) is 3.15. The summed E-state index contributed by atoms with van der Waals surface area (Å²) < 4.78 is 53.9. The number of carbonyl (C=O) groups is 2. The fourth-order valence-electron chi connectivity index (χ4n) is 4.36. The predicted octanol–water partition coefficient (Wildman–Crippen LogP) is 3.62. The molecule has 31 heavy (non-hydrogen) atoms. The predicted molar refractivity (Wildman–Crippen MR) is 100 cm³/mol. The summed E-state index contributed by atoms with van der Waals surface area (Å²) in [7, 11) is 0. The van der Waals surface area contributed by atoms with Crippen molar-refractivity contribution in [3.8, 4) is 0 Å². The van der Waals surface area contributed by atoms with Gasteiger partial charge in [0.05, 0.1) is 12.1 Å². The van der Waals surface area contributed by atoms with E-state index in [1.807, 2.05) is 0 Å². The Balaban J connectivity index is 1.49. The number of aromatic amines is 1. The van der Waals surface area contributed by atoms with E-state index in [0.717, 1.165) is 6.07 Å². The summed E-state index contributed by atoms with van der Waals surface area (Å²) in [5.41, 5.74) is 0.0560. The van der Waals surface area contributed by atoms with Gasteiger partial charge in [0.1, 0.15) is 5.82 Å². The SMILES string of the molecule is O=C(O)N1CCc2[nH]nc(C(=O)N3CCC(c4cccc(F)c4C(F)(F)F)CC3)c2C1. The molecule has 1 fully saturated rings. The molecule has 0 saturated carbocycles. The second kappa shape index (κ2) is 7.86. The Bertz CT molecular complexity index is 1010. The largest absolute Gasteiger partial charge is 0.465 e. The number of piperidine rings is 1. The summed E-state index contributed by atoms with van der Waals surface area (Å²) in [5, 5.41) is 16.1. The standard InChI is InChI=1S/C20H20F4N4O3/c21-14-3-1-2-12(16(14)20(22,23)24)11-4-7-27(8-5-11)18(29)17-13-10-28(19(30)31)9-6-15(13)25-26-17/h1-3,11H,4-10H2,(H,25,26)(H,30,31). The third-order valence-corrected chi connectivity index (χ3v) is 5.96. The van der Waals surface area contributed by atoms with Crippen molar-refractivity contribution < 1.29 is 32.3 Å². The molecule has 0 radical (unpaired) electrons. The van der Waals surface area contributed by atoms with Gasteiger partial charge in [-0.2, -0.15) is 18.3 Å². The van der Waals surface area contributed by atoms with Crippen LogP contribution in [0.2, 0.25) is 0 Å². The zero-order valence-corrected chi connectivity index (χ0v) is 16.4. The van der Waals surface area contributed by atoms with Gasteiger partial charge >= 0.3 is 12.3 Å². The first-order chi connectivity index (χ1) is 14.7. The molecule has 0 bridgehead atoms. The smallest absolute Gasteiger partial charge is 0.419 e. The van der Waals surface area contributed by atoms with Crippen molar-refractivity contribution in [2.75, 3.05) is 19.6 Å². The maximum atomic E-state index is 13.9. The van der Waals surface area contributed by atoms with Gasteiger partial charge in [-0.15, -0.1) is 0 Å². The van der Waals surface area contributed by atoms with Crippen LogP contribution < -0.4 is 0 Å². The first kappa shape index (κ1) is 21.1. The number of carbonyl (C=O) groups excluding carboxylic acids is 1. The Labute approximate surface area is 174 Å². The zero-order valence-electron chi connectivity index (χ0n) is 16.4. The van der Waals surface area contributed by atoms with Crippen molar-refractivity contribution in [1.82, 2.24) is 20.0 Å². The summed E-state index contributed by atoms with van der Waals surface area (Å²) in [4.78, 5) is 26.9. The van der Waals surface area contributed by atoms with Crippen LogP contribution in [0.5, 0.6) is 0 Å². The highest BCUT2D eigenvalue weighted by molar-refractivity contribution is 5.94. The molecule has 2 N–H and O–H groups in total. The molecule has 4 rings (SSSR count). The maximum absolute atomic E-state index is 13.9. The molecule has 1 saturated heterocycles. The van der Waals surface area contributed by atoms with Crippen LogP contribution in [0, 0.1) is 5.82 Å². The molecule has 7 nitrogen and oxygen atoms in total. The summed E-state index contributed by atoms with van der Waals surface area (Å²) in [5.74, 6) is -2.21. The number of amides is 2. The van der Waals surface area contributed by atoms with Crippen LogP contribution in [-0.2, 0) is 19.1 Å². The van der Waals surface area contributed by atoms with Crippen LogP contribution in [0.1, 0.15) is 51.6 Å². The topological polar surface area (TPSA) is 89.5 Å². The summed E-state index contributed by atoms with van der Waals surface area (Å²) in [6, 6.07) is 3.35. The van der Waals surface area contributed by atoms with Gasteiger partial charge in [-0.25, -0.2) is 9.18 Å². The lowest BCUT2D eigenvalue weighted by Gasteiger charge is -2.33. The Hall–Kier alpha value is -3.11. The average molecular weight is 440 g/mol. The molecule has 11 heteroatoms. The molecule has 1 aromatic heterocycles. The molecular formula is C20H20F4N4O3. The van der Waals surface area contributed by atoms with E-state index in [0.29, 0.717) is 24.2 Å². The number of hydrogen-bond acceptors (Lipinski definition) is 3. The van der Waals surface area contributed by atoms with E-state index in [-0.39, 0.29) is 43.7 Å². The van der Waals surface area contributed by atoms with Gasteiger partial charge < -0.3 is 14.9 Å². The fraction of sp³-hybridized carbons (Fsp3) is 0.450. The third kappa shape index (κ3) is 3.96. The zero-order chi connectivity index (χ0) is 22.3. The number of nitrogens with one attached hydrogen (secondary N) is 1. The number of carboxylic acid groups (broad SMARTS) is 1. The van der Waals surface area contributed by atoms with Gasteiger partial charge in [-0.3, -0.25) is 9.89 Å². The normalized spacial score (nSPS) is 17.5. The molecule has 0 atom stereocenters.